The fraction of sp³-hybridized carbons (Fsp3) is 0.167. The molecule has 1 heterocycles. The average molecular weight is 257 g/mol. The normalized spacial score (nSPS) is 12.8. The first-order chi connectivity index (χ1) is 7.58. The molecule has 2 rings (SSSR count). The van der Waals surface area contributed by atoms with Gasteiger partial charge < -0.3 is 9.52 Å². The van der Waals surface area contributed by atoms with Crippen molar-refractivity contribution in [2.75, 3.05) is 0 Å². The largest absolute Gasteiger partial charge is 0.463 e. The number of hydrogen-bond donors (Lipinski definition) is 1. The fourth-order valence-electron chi connectivity index (χ4n) is 1.48. The van der Waals surface area contributed by atoms with E-state index in [0.29, 0.717) is 21.4 Å². The molecule has 0 aliphatic carbocycles. The number of hydrogen-bond acceptors (Lipinski definition) is 2. The summed E-state index contributed by atoms with van der Waals surface area (Å²) in [6, 6.07) is 8.49. The molecule has 2 nitrogen and oxygen atoms in total. The van der Waals surface area contributed by atoms with Gasteiger partial charge in [-0.15, -0.1) is 0 Å². The minimum Gasteiger partial charge on any atom is -0.463 e. The Morgan fingerprint density at radius 1 is 1.19 bits per heavy atom. The van der Waals surface area contributed by atoms with Gasteiger partial charge in [-0.1, -0.05) is 29.3 Å². The summed E-state index contributed by atoms with van der Waals surface area (Å²) in [4.78, 5) is 0. The Labute approximate surface area is 103 Å². The van der Waals surface area contributed by atoms with Crippen molar-refractivity contribution in [1.82, 2.24) is 0 Å². The van der Waals surface area contributed by atoms with Gasteiger partial charge in [0.15, 0.2) is 0 Å². The Balaban J connectivity index is 2.37. The third kappa shape index (κ3) is 2.24. The Bertz CT molecular complexity index is 505. The smallest absolute Gasteiger partial charge is 0.138 e. The number of aryl methyl sites for hydroxylation is 1. The third-order valence-corrected chi connectivity index (χ3v) is 2.85. The summed E-state index contributed by atoms with van der Waals surface area (Å²) in [5, 5.41) is 11.0. The zero-order valence-electron chi connectivity index (χ0n) is 8.58. The molecule has 84 valence electrons. The minimum absolute atomic E-state index is 0.425. The SMILES string of the molecule is Cc1ccc(C(O)c2ccc(Cl)cc2Cl)o1. The second-order valence-corrected chi connectivity index (χ2v) is 4.36. The first kappa shape index (κ1) is 11.5. The second-order valence-electron chi connectivity index (χ2n) is 3.52. The molecule has 0 aliphatic rings. The number of aliphatic hydroxyl groups is 1. The van der Waals surface area contributed by atoms with Crippen LogP contribution in [0.15, 0.2) is 34.7 Å². The number of aliphatic hydroxyl groups excluding tert-OH is 1. The van der Waals surface area contributed by atoms with Gasteiger partial charge >= 0.3 is 0 Å². The molecule has 0 saturated heterocycles. The van der Waals surface area contributed by atoms with Crippen LogP contribution < -0.4 is 0 Å². The van der Waals surface area contributed by atoms with E-state index in [1.807, 2.05) is 6.92 Å². The Morgan fingerprint density at radius 2 is 1.94 bits per heavy atom. The van der Waals surface area contributed by atoms with Crippen LogP contribution in [0, 0.1) is 6.92 Å². The van der Waals surface area contributed by atoms with Crippen molar-refractivity contribution in [2.24, 2.45) is 0 Å². The quantitative estimate of drug-likeness (QED) is 0.882. The van der Waals surface area contributed by atoms with Crippen molar-refractivity contribution < 1.29 is 9.52 Å². The maximum Gasteiger partial charge on any atom is 0.138 e. The van der Waals surface area contributed by atoms with Gasteiger partial charge in [0.25, 0.3) is 0 Å². The first-order valence-corrected chi connectivity index (χ1v) is 5.53. The van der Waals surface area contributed by atoms with Crippen LogP contribution in [0.2, 0.25) is 10.0 Å². The summed E-state index contributed by atoms with van der Waals surface area (Å²) < 4.78 is 5.34. The predicted octanol–water partition coefficient (Wildman–Crippen LogP) is 3.98. The Hall–Kier alpha value is -0.960. The van der Waals surface area contributed by atoms with Gasteiger partial charge in [0.2, 0.25) is 0 Å². The number of benzene rings is 1. The molecule has 1 aromatic heterocycles. The molecule has 0 bridgehead atoms. The van der Waals surface area contributed by atoms with Crippen LogP contribution in [0.5, 0.6) is 0 Å². The lowest BCUT2D eigenvalue weighted by atomic mass is 10.1. The van der Waals surface area contributed by atoms with Gasteiger partial charge in [-0.25, -0.2) is 0 Å². The molecule has 1 unspecified atom stereocenters. The maximum absolute atomic E-state index is 10.1. The van der Waals surface area contributed by atoms with Crippen LogP contribution >= 0.6 is 23.2 Å². The molecule has 1 N–H and O–H groups in total. The van der Waals surface area contributed by atoms with Crippen molar-refractivity contribution >= 4 is 23.2 Å². The molecule has 4 heteroatoms. The zero-order valence-corrected chi connectivity index (χ0v) is 10.1. The van der Waals surface area contributed by atoms with Crippen LogP contribution in [-0.2, 0) is 0 Å². The molecule has 0 amide bonds. The molecule has 0 spiro atoms. The molecule has 1 aromatic carbocycles. The number of rotatable bonds is 2. The molecule has 2 aromatic rings. The molecular formula is C12H10Cl2O2. The van der Waals surface area contributed by atoms with E-state index < -0.39 is 6.10 Å². The summed E-state index contributed by atoms with van der Waals surface area (Å²) >= 11 is 11.8. The molecule has 16 heavy (non-hydrogen) atoms. The highest BCUT2D eigenvalue weighted by atomic mass is 35.5. The van der Waals surface area contributed by atoms with Crippen LogP contribution in [0.25, 0.3) is 0 Å². The highest BCUT2D eigenvalue weighted by Gasteiger charge is 2.17. The lowest BCUT2D eigenvalue weighted by Gasteiger charge is -2.10. The average Bonchev–Trinajstić information content (AvgIpc) is 2.64. The molecule has 1 atom stereocenters. The summed E-state index contributed by atoms with van der Waals surface area (Å²) in [7, 11) is 0. The van der Waals surface area contributed by atoms with Gasteiger partial charge in [0.1, 0.15) is 17.6 Å². The van der Waals surface area contributed by atoms with E-state index in [2.05, 4.69) is 0 Å². The monoisotopic (exact) mass is 256 g/mol. The van der Waals surface area contributed by atoms with E-state index in [1.165, 1.54) is 0 Å². The van der Waals surface area contributed by atoms with Crippen molar-refractivity contribution in [1.29, 1.82) is 0 Å². The summed E-state index contributed by atoms with van der Waals surface area (Å²) in [5.41, 5.74) is 0.584. The van der Waals surface area contributed by atoms with Crippen molar-refractivity contribution in [3.8, 4) is 0 Å². The van der Waals surface area contributed by atoms with Gasteiger partial charge in [-0.05, 0) is 31.2 Å². The minimum atomic E-state index is -0.863. The third-order valence-electron chi connectivity index (χ3n) is 2.29. The Morgan fingerprint density at radius 3 is 2.50 bits per heavy atom. The molecule has 0 saturated carbocycles. The Kier molecular flexibility index (Phi) is 3.24. The van der Waals surface area contributed by atoms with Crippen LogP contribution in [0.4, 0.5) is 0 Å². The lowest BCUT2D eigenvalue weighted by molar-refractivity contribution is 0.188. The number of furan rings is 1. The maximum atomic E-state index is 10.1. The van der Waals surface area contributed by atoms with Gasteiger partial charge in [-0.2, -0.15) is 0 Å². The van der Waals surface area contributed by atoms with Gasteiger partial charge in [0, 0.05) is 15.6 Å². The molecule has 0 radical (unpaired) electrons. The fourth-order valence-corrected chi connectivity index (χ4v) is 1.99. The van der Waals surface area contributed by atoms with Crippen molar-refractivity contribution in [3.05, 3.63) is 57.5 Å². The summed E-state index contributed by atoms with van der Waals surface area (Å²) in [5.74, 6) is 1.22. The molecular weight excluding hydrogens is 247 g/mol. The summed E-state index contributed by atoms with van der Waals surface area (Å²) in [6.45, 7) is 1.82. The van der Waals surface area contributed by atoms with Gasteiger partial charge in [-0.3, -0.25) is 0 Å². The topological polar surface area (TPSA) is 33.4 Å². The van der Waals surface area contributed by atoms with E-state index in [4.69, 9.17) is 27.6 Å². The van der Waals surface area contributed by atoms with Gasteiger partial charge in [0.05, 0.1) is 0 Å². The van der Waals surface area contributed by atoms with Crippen molar-refractivity contribution in [3.63, 3.8) is 0 Å². The second kappa shape index (κ2) is 4.50. The lowest BCUT2D eigenvalue weighted by Crippen LogP contribution is -1.98. The van der Waals surface area contributed by atoms with E-state index >= 15 is 0 Å². The van der Waals surface area contributed by atoms with E-state index in [1.54, 1.807) is 30.3 Å². The van der Waals surface area contributed by atoms with Crippen molar-refractivity contribution in [2.45, 2.75) is 13.0 Å². The van der Waals surface area contributed by atoms with Crippen LogP contribution in [-0.4, -0.2) is 5.11 Å². The first-order valence-electron chi connectivity index (χ1n) is 4.77. The highest BCUT2D eigenvalue weighted by molar-refractivity contribution is 6.35. The van der Waals surface area contributed by atoms with E-state index in [-0.39, 0.29) is 0 Å². The van der Waals surface area contributed by atoms with E-state index in [9.17, 15) is 5.11 Å². The molecule has 0 fully saturated rings. The van der Waals surface area contributed by atoms with Crippen LogP contribution in [0.3, 0.4) is 0 Å². The van der Waals surface area contributed by atoms with Crippen LogP contribution in [0.1, 0.15) is 23.2 Å². The standard InChI is InChI=1S/C12H10Cl2O2/c1-7-2-5-11(16-7)12(15)9-4-3-8(13)6-10(9)14/h2-6,12,15H,1H3. The van der Waals surface area contributed by atoms with E-state index in [0.717, 1.165) is 5.76 Å². The highest BCUT2D eigenvalue weighted by Crippen LogP contribution is 2.30. The zero-order chi connectivity index (χ0) is 11.7. The number of halogens is 2. The summed E-state index contributed by atoms with van der Waals surface area (Å²) in [6.07, 6.45) is -0.863. The predicted molar refractivity (Wildman–Crippen MR) is 64.0 cm³/mol. The molecule has 0 aliphatic heterocycles.